The largest absolute Gasteiger partial charge is 0.467 e. The fraction of sp³-hybridized carbons (Fsp3) is 0.448. The second kappa shape index (κ2) is 12.0. The highest BCUT2D eigenvalue weighted by atomic mass is 32.1. The molecule has 2 saturated carbocycles. The van der Waals surface area contributed by atoms with Gasteiger partial charge < -0.3 is 21.2 Å². The number of aromatic nitrogens is 1. The molecule has 0 radical (unpaired) electrons. The summed E-state index contributed by atoms with van der Waals surface area (Å²) in [6.07, 6.45) is 12.5. The maximum atomic E-state index is 14.2. The molecule has 5 rings (SSSR count). The van der Waals surface area contributed by atoms with E-state index in [9.17, 15) is 14.4 Å². The molecule has 1 aromatic carbocycles. The van der Waals surface area contributed by atoms with Crippen LogP contribution in [-0.4, -0.2) is 28.1 Å². The molecule has 5 N–H and O–H groups in total. The van der Waals surface area contributed by atoms with E-state index in [2.05, 4.69) is 9.69 Å². The normalized spacial score (nSPS) is 17.4. The fourth-order valence-corrected chi connectivity index (χ4v) is 6.56. The van der Waals surface area contributed by atoms with Gasteiger partial charge in [0.15, 0.2) is 11.7 Å². The van der Waals surface area contributed by atoms with Crippen LogP contribution in [-0.2, 0) is 4.79 Å². The summed E-state index contributed by atoms with van der Waals surface area (Å²) in [5, 5.41) is 3.15. The molecule has 0 bridgehead atoms. The van der Waals surface area contributed by atoms with Crippen LogP contribution >= 0.6 is 11.5 Å². The van der Waals surface area contributed by atoms with Gasteiger partial charge in [0.1, 0.15) is 10.6 Å². The number of nitrogen functional groups attached to an aromatic ring is 1. The number of amides is 3. The van der Waals surface area contributed by atoms with E-state index in [0.29, 0.717) is 17.4 Å². The number of benzene rings is 1. The average molecular weight is 550 g/mol. The summed E-state index contributed by atoms with van der Waals surface area (Å²) in [5.74, 6) is -0.888. The highest BCUT2D eigenvalue weighted by Crippen LogP contribution is 2.37. The second-order valence-corrected chi connectivity index (χ2v) is 11.3. The maximum Gasteiger partial charge on any atom is 0.273 e. The van der Waals surface area contributed by atoms with Crippen molar-refractivity contribution in [1.29, 1.82) is 0 Å². The van der Waals surface area contributed by atoms with E-state index in [1.807, 2.05) is 24.3 Å². The Balaban J connectivity index is 1.55. The van der Waals surface area contributed by atoms with Crippen LogP contribution in [0.4, 0.5) is 11.4 Å². The Morgan fingerprint density at radius 2 is 1.64 bits per heavy atom. The van der Waals surface area contributed by atoms with E-state index < -0.39 is 17.9 Å². The summed E-state index contributed by atoms with van der Waals surface area (Å²) in [4.78, 5) is 41.3. The summed E-state index contributed by atoms with van der Waals surface area (Å²) in [6, 6.07) is 10.1. The minimum absolute atomic E-state index is 0.0317. The number of nitrogens with zero attached hydrogens (tertiary/aromatic N) is 2. The molecule has 1 atom stereocenters. The third kappa shape index (κ3) is 5.85. The Labute approximate surface area is 232 Å². The molecule has 3 amide bonds. The average Bonchev–Trinajstić information content (AvgIpc) is 3.62. The Morgan fingerprint density at radius 1 is 0.974 bits per heavy atom. The molecule has 0 aliphatic heterocycles. The predicted octanol–water partition coefficient (Wildman–Crippen LogP) is 5.30. The van der Waals surface area contributed by atoms with Gasteiger partial charge in [-0.05, 0) is 73.0 Å². The lowest BCUT2D eigenvalue weighted by Gasteiger charge is -2.32. The third-order valence-corrected chi connectivity index (χ3v) is 8.74. The van der Waals surface area contributed by atoms with Gasteiger partial charge in [-0.15, -0.1) is 0 Å². The predicted molar refractivity (Wildman–Crippen MR) is 151 cm³/mol. The van der Waals surface area contributed by atoms with Crippen LogP contribution in [0.15, 0.2) is 47.1 Å². The molecule has 3 aromatic rings. The number of hydrogen-bond donors (Lipinski definition) is 3. The second-order valence-electron chi connectivity index (χ2n) is 10.5. The molecule has 39 heavy (non-hydrogen) atoms. The Morgan fingerprint density at radius 3 is 2.23 bits per heavy atom. The molecule has 0 saturated heterocycles. The quantitative estimate of drug-likeness (QED) is 0.348. The molecular formula is C29H35N5O4S. The van der Waals surface area contributed by atoms with Crippen molar-refractivity contribution in [2.75, 3.05) is 10.6 Å². The van der Waals surface area contributed by atoms with Gasteiger partial charge in [0.25, 0.3) is 17.7 Å². The number of rotatable bonds is 8. The van der Waals surface area contributed by atoms with Gasteiger partial charge in [0.2, 0.25) is 0 Å². The number of hydrogen-bond acceptors (Lipinski definition) is 7. The molecule has 0 spiro atoms. The number of furan rings is 1. The maximum absolute atomic E-state index is 14.2. The van der Waals surface area contributed by atoms with E-state index >= 15 is 0 Å². The first-order chi connectivity index (χ1) is 18.9. The first-order valence-corrected chi connectivity index (χ1v) is 14.5. The fourth-order valence-electron chi connectivity index (χ4n) is 5.81. The first kappa shape index (κ1) is 26.9. The van der Waals surface area contributed by atoms with Crippen LogP contribution in [0, 0.1) is 0 Å². The van der Waals surface area contributed by atoms with E-state index in [0.717, 1.165) is 56.5 Å². The standard InChI is InChI=1S/C29H35N5O4S/c30-23-24(27(31)35)33-39-26(23)29(37)34(21-15-13-19(14-16-21)18-8-3-1-4-9-18)25(22-12-7-17-38-22)28(36)32-20-10-5-2-6-11-20/h7,12-18,20,25H,1-6,8-11,30H2,(H2,31,35)(H,32,36). The minimum Gasteiger partial charge on any atom is -0.467 e. The summed E-state index contributed by atoms with van der Waals surface area (Å²) in [5.41, 5.74) is 13.1. The minimum atomic E-state index is -1.09. The van der Waals surface area contributed by atoms with Gasteiger partial charge in [0.05, 0.1) is 12.0 Å². The molecule has 2 aliphatic carbocycles. The Hall–Kier alpha value is -3.66. The van der Waals surface area contributed by atoms with Crippen LogP contribution < -0.4 is 21.7 Å². The van der Waals surface area contributed by atoms with E-state index in [4.69, 9.17) is 15.9 Å². The molecule has 9 nitrogen and oxygen atoms in total. The SMILES string of the molecule is NC(=O)c1nsc(C(=O)N(c2ccc(C3CCCCC3)cc2)C(C(=O)NC2CCCCC2)c2ccco2)c1N. The Bertz CT molecular complexity index is 1290. The summed E-state index contributed by atoms with van der Waals surface area (Å²) >= 11 is 0.794. The van der Waals surface area contributed by atoms with Gasteiger partial charge in [-0.3, -0.25) is 19.3 Å². The van der Waals surface area contributed by atoms with Crippen LogP contribution in [0.25, 0.3) is 0 Å². The van der Waals surface area contributed by atoms with Crippen LogP contribution in [0.2, 0.25) is 0 Å². The smallest absolute Gasteiger partial charge is 0.273 e. The zero-order valence-corrected chi connectivity index (χ0v) is 22.8. The number of nitrogens with two attached hydrogens (primary N) is 2. The third-order valence-electron chi connectivity index (χ3n) is 7.89. The molecule has 206 valence electrons. The van der Waals surface area contributed by atoms with Crippen LogP contribution in [0.1, 0.15) is 108 Å². The lowest BCUT2D eigenvalue weighted by Crippen LogP contribution is -2.47. The molecule has 2 heterocycles. The van der Waals surface area contributed by atoms with Crippen molar-refractivity contribution >= 4 is 40.6 Å². The molecule has 10 heteroatoms. The molecule has 2 fully saturated rings. The van der Waals surface area contributed by atoms with E-state index in [1.165, 1.54) is 36.0 Å². The number of nitrogens with one attached hydrogen (secondary N) is 1. The lowest BCUT2D eigenvalue weighted by atomic mass is 9.84. The van der Waals surface area contributed by atoms with Gasteiger partial charge in [-0.2, -0.15) is 4.37 Å². The molecule has 2 aliphatic rings. The van der Waals surface area contributed by atoms with Gasteiger partial charge in [-0.1, -0.05) is 50.7 Å². The van der Waals surface area contributed by atoms with Crippen molar-refractivity contribution in [3.63, 3.8) is 0 Å². The molecular weight excluding hydrogens is 514 g/mol. The highest BCUT2D eigenvalue weighted by Gasteiger charge is 2.38. The van der Waals surface area contributed by atoms with Crippen molar-refractivity contribution in [1.82, 2.24) is 9.69 Å². The summed E-state index contributed by atoms with van der Waals surface area (Å²) < 4.78 is 9.73. The topological polar surface area (TPSA) is 145 Å². The Kier molecular flexibility index (Phi) is 8.30. The van der Waals surface area contributed by atoms with Crippen molar-refractivity contribution in [2.24, 2.45) is 5.73 Å². The van der Waals surface area contributed by atoms with Gasteiger partial charge >= 0.3 is 0 Å². The van der Waals surface area contributed by atoms with Crippen LogP contribution in [0.3, 0.4) is 0 Å². The van der Waals surface area contributed by atoms with Gasteiger partial charge in [0, 0.05) is 11.7 Å². The molecule has 2 aromatic heterocycles. The van der Waals surface area contributed by atoms with Crippen molar-refractivity contribution in [2.45, 2.75) is 82.2 Å². The van der Waals surface area contributed by atoms with Crippen molar-refractivity contribution in [3.8, 4) is 0 Å². The molecule has 1 unspecified atom stereocenters. The zero-order chi connectivity index (χ0) is 27.4. The lowest BCUT2D eigenvalue weighted by molar-refractivity contribution is -0.123. The first-order valence-electron chi connectivity index (χ1n) is 13.8. The number of primary amides is 1. The van der Waals surface area contributed by atoms with E-state index in [-0.39, 0.29) is 28.2 Å². The number of anilines is 2. The number of carbonyl (C=O) groups excluding carboxylic acids is 3. The zero-order valence-electron chi connectivity index (χ0n) is 21.9. The van der Waals surface area contributed by atoms with Gasteiger partial charge in [-0.25, -0.2) is 0 Å². The van der Waals surface area contributed by atoms with Crippen molar-refractivity contribution < 1.29 is 18.8 Å². The van der Waals surface area contributed by atoms with Crippen LogP contribution in [0.5, 0.6) is 0 Å². The summed E-state index contributed by atoms with van der Waals surface area (Å²) in [6.45, 7) is 0. The van der Waals surface area contributed by atoms with Crippen molar-refractivity contribution in [3.05, 3.63) is 64.6 Å². The number of carbonyl (C=O) groups is 3. The highest BCUT2D eigenvalue weighted by molar-refractivity contribution is 7.09. The monoisotopic (exact) mass is 549 g/mol. The van der Waals surface area contributed by atoms with E-state index in [1.54, 1.807) is 12.1 Å². The summed E-state index contributed by atoms with van der Waals surface area (Å²) in [7, 11) is 0.